The Hall–Kier alpha value is -1.26. The SMILES string of the molecule is CCCN(C(=O)O)[C@@](CC)(OC)c1ccccc1Cl. The number of ether oxygens (including phenoxy) is 1. The van der Waals surface area contributed by atoms with Crippen molar-refractivity contribution in [2.24, 2.45) is 0 Å². The number of carbonyl (C=O) groups is 1. The fourth-order valence-corrected chi connectivity index (χ4v) is 2.61. The molecule has 19 heavy (non-hydrogen) atoms. The molecule has 0 radical (unpaired) electrons. The molecule has 0 aliphatic rings. The highest BCUT2D eigenvalue weighted by Crippen LogP contribution is 2.37. The number of benzene rings is 1. The first-order valence-corrected chi connectivity index (χ1v) is 6.72. The van der Waals surface area contributed by atoms with Crippen molar-refractivity contribution in [1.29, 1.82) is 0 Å². The van der Waals surface area contributed by atoms with Crippen LogP contribution in [-0.2, 0) is 10.5 Å². The van der Waals surface area contributed by atoms with Crippen molar-refractivity contribution in [1.82, 2.24) is 4.90 Å². The lowest BCUT2D eigenvalue weighted by Gasteiger charge is -2.41. The van der Waals surface area contributed by atoms with Crippen LogP contribution in [-0.4, -0.2) is 29.8 Å². The van der Waals surface area contributed by atoms with Crippen molar-refractivity contribution in [3.05, 3.63) is 34.9 Å². The molecule has 0 saturated carbocycles. The molecule has 0 heterocycles. The summed E-state index contributed by atoms with van der Waals surface area (Å²) in [5, 5.41) is 9.97. The van der Waals surface area contributed by atoms with Crippen molar-refractivity contribution in [3.63, 3.8) is 0 Å². The Morgan fingerprint density at radius 2 is 2.05 bits per heavy atom. The Labute approximate surface area is 118 Å². The molecule has 0 saturated heterocycles. The van der Waals surface area contributed by atoms with E-state index in [1.807, 2.05) is 26.0 Å². The van der Waals surface area contributed by atoms with E-state index in [1.165, 1.54) is 12.0 Å². The first kappa shape index (κ1) is 15.8. The van der Waals surface area contributed by atoms with Crippen molar-refractivity contribution in [2.45, 2.75) is 32.4 Å². The molecule has 5 heteroatoms. The van der Waals surface area contributed by atoms with Crippen LogP contribution in [0.25, 0.3) is 0 Å². The number of hydrogen-bond acceptors (Lipinski definition) is 2. The van der Waals surface area contributed by atoms with Gasteiger partial charge in [0, 0.05) is 24.2 Å². The van der Waals surface area contributed by atoms with Crippen molar-refractivity contribution < 1.29 is 14.6 Å². The van der Waals surface area contributed by atoms with E-state index >= 15 is 0 Å². The molecule has 1 aromatic rings. The molecule has 0 fully saturated rings. The van der Waals surface area contributed by atoms with Crippen molar-refractivity contribution >= 4 is 17.7 Å². The van der Waals surface area contributed by atoms with Crippen molar-refractivity contribution in [2.75, 3.05) is 13.7 Å². The third-order valence-electron chi connectivity index (χ3n) is 3.23. The minimum absolute atomic E-state index is 0.391. The molecule has 0 aliphatic heterocycles. The topological polar surface area (TPSA) is 49.8 Å². The number of halogens is 1. The summed E-state index contributed by atoms with van der Waals surface area (Å²) < 4.78 is 5.59. The molecular weight excluding hydrogens is 266 g/mol. The monoisotopic (exact) mass is 285 g/mol. The second-order valence-electron chi connectivity index (χ2n) is 4.26. The Morgan fingerprint density at radius 1 is 1.42 bits per heavy atom. The zero-order chi connectivity index (χ0) is 14.5. The summed E-state index contributed by atoms with van der Waals surface area (Å²) in [6.45, 7) is 4.21. The van der Waals surface area contributed by atoms with Gasteiger partial charge in [-0.2, -0.15) is 0 Å². The van der Waals surface area contributed by atoms with Gasteiger partial charge in [-0.1, -0.05) is 43.6 Å². The molecule has 0 spiro atoms. The molecule has 0 unspecified atom stereocenters. The molecular formula is C14H20ClNO3. The fraction of sp³-hybridized carbons (Fsp3) is 0.500. The predicted octanol–water partition coefficient (Wildman–Crippen LogP) is 3.94. The molecule has 1 N–H and O–H groups in total. The number of hydrogen-bond donors (Lipinski definition) is 1. The summed E-state index contributed by atoms with van der Waals surface area (Å²) in [5.41, 5.74) is -0.363. The smallest absolute Gasteiger partial charge is 0.409 e. The highest BCUT2D eigenvalue weighted by Gasteiger charge is 2.41. The van der Waals surface area contributed by atoms with Crippen molar-refractivity contribution in [3.8, 4) is 0 Å². The molecule has 1 aromatic carbocycles. The maximum Gasteiger partial charge on any atom is 0.409 e. The number of rotatable bonds is 6. The van der Waals surface area contributed by atoms with E-state index in [9.17, 15) is 9.90 Å². The largest absolute Gasteiger partial charge is 0.465 e. The highest BCUT2D eigenvalue weighted by atomic mass is 35.5. The zero-order valence-corrected chi connectivity index (χ0v) is 12.3. The first-order valence-electron chi connectivity index (χ1n) is 6.34. The van der Waals surface area contributed by atoms with E-state index in [1.54, 1.807) is 12.1 Å². The second-order valence-corrected chi connectivity index (χ2v) is 4.66. The van der Waals surface area contributed by atoms with E-state index in [0.717, 1.165) is 0 Å². The summed E-state index contributed by atoms with van der Waals surface area (Å²) in [4.78, 5) is 12.9. The summed E-state index contributed by atoms with van der Waals surface area (Å²) >= 11 is 6.22. The molecule has 0 aliphatic carbocycles. The molecule has 0 bridgehead atoms. The van der Waals surface area contributed by atoms with Crippen LogP contribution in [0.4, 0.5) is 4.79 Å². The van der Waals surface area contributed by atoms with Gasteiger partial charge < -0.3 is 9.84 Å². The van der Waals surface area contributed by atoms with Gasteiger partial charge in [0.2, 0.25) is 0 Å². The van der Waals surface area contributed by atoms with E-state index in [0.29, 0.717) is 30.0 Å². The van der Waals surface area contributed by atoms with Gasteiger partial charge in [0.1, 0.15) is 0 Å². The van der Waals surface area contributed by atoms with E-state index in [2.05, 4.69) is 0 Å². The normalized spacial score (nSPS) is 13.9. The summed E-state index contributed by atoms with van der Waals surface area (Å²) in [7, 11) is 1.51. The zero-order valence-electron chi connectivity index (χ0n) is 11.5. The van der Waals surface area contributed by atoms with Crippen LogP contribution in [0.15, 0.2) is 24.3 Å². The Morgan fingerprint density at radius 3 is 2.47 bits per heavy atom. The van der Waals surface area contributed by atoms with Crippen LogP contribution in [0.1, 0.15) is 32.3 Å². The number of amides is 1. The predicted molar refractivity (Wildman–Crippen MR) is 75.5 cm³/mol. The number of methoxy groups -OCH3 is 1. The van der Waals surface area contributed by atoms with Gasteiger partial charge in [0.05, 0.1) is 0 Å². The minimum atomic E-state index is -1.04. The minimum Gasteiger partial charge on any atom is -0.465 e. The number of nitrogens with zero attached hydrogens (tertiary/aromatic N) is 1. The maximum absolute atomic E-state index is 11.5. The van der Waals surface area contributed by atoms with Crippen LogP contribution in [0, 0.1) is 0 Å². The van der Waals surface area contributed by atoms with Crippen LogP contribution >= 0.6 is 11.6 Å². The average molecular weight is 286 g/mol. The Bertz CT molecular complexity index is 432. The lowest BCUT2D eigenvalue weighted by Crippen LogP contribution is -2.50. The van der Waals surface area contributed by atoms with Gasteiger partial charge in [0.25, 0.3) is 0 Å². The summed E-state index contributed by atoms with van der Waals surface area (Å²) in [6.07, 6.45) is 0.187. The molecule has 1 rings (SSSR count). The van der Waals surface area contributed by atoms with Crippen LogP contribution in [0.3, 0.4) is 0 Å². The molecule has 0 aromatic heterocycles. The summed E-state index contributed by atoms with van der Waals surface area (Å²) in [6, 6.07) is 7.19. The fourth-order valence-electron chi connectivity index (χ4n) is 2.32. The summed E-state index contributed by atoms with van der Waals surface area (Å²) in [5.74, 6) is 0. The van der Waals surface area contributed by atoms with Gasteiger partial charge >= 0.3 is 6.09 Å². The molecule has 1 amide bonds. The van der Waals surface area contributed by atoms with Gasteiger partial charge in [-0.3, -0.25) is 4.90 Å². The van der Waals surface area contributed by atoms with E-state index in [4.69, 9.17) is 16.3 Å². The van der Waals surface area contributed by atoms with Crippen LogP contribution < -0.4 is 0 Å². The van der Waals surface area contributed by atoms with E-state index < -0.39 is 11.8 Å². The van der Waals surface area contributed by atoms with Crippen LogP contribution in [0.2, 0.25) is 5.02 Å². The van der Waals surface area contributed by atoms with Gasteiger partial charge in [-0.15, -0.1) is 0 Å². The third kappa shape index (κ3) is 3.01. The highest BCUT2D eigenvalue weighted by molar-refractivity contribution is 6.31. The Kier molecular flexibility index (Phi) is 5.63. The van der Waals surface area contributed by atoms with Crippen LogP contribution in [0.5, 0.6) is 0 Å². The lowest BCUT2D eigenvalue weighted by molar-refractivity contribution is -0.130. The molecule has 1 atom stereocenters. The molecule has 106 valence electrons. The quantitative estimate of drug-likeness (QED) is 0.806. The van der Waals surface area contributed by atoms with Gasteiger partial charge in [-0.25, -0.2) is 4.79 Å². The lowest BCUT2D eigenvalue weighted by atomic mass is 9.97. The third-order valence-corrected chi connectivity index (χ3v) is 3.56. The van der Waals surface area contributed by atoms with Gasteiger partial charge in [-0.05, 0) is 18.9 Å². The van der Waals surface area contributed by atoms with E-state index in [-0.39, 0.29) is 0 Å². The molecule has 4 nitrogen and oxygen atoms in total. The number of carboxylic acid groups (broad SMARTS) is 1. The first-order chi connectivity index (χ1) is 9.03. The average Bonchev–Trinajstić information content (AvgIpc) is 2.41. The second kappa shape index (κ2) is 6.78. The maximum atomic E-state index is 11.5. The Balaban J connectivity index is 3.37. The van der Waals surface area contributed by atoms with Gasteiger partial charge in [0.15, 0.2) is 5.72 Å². The standard InChI is InChI=1S/C14H20ClNO3/c1-4-10-16(13(17)18)14(5-2,19-3)11-8-6-7-9-12(11)15/h6-9H,4-5,10H2,1-3H3,(H,17,18)/t14-/m0/s1.